The molecule has 5 nitrogen and oxygen atoms in total. The Morgan fingerprint density at radius 2 is 1.67 bits per heavy atom. The maximum Gasteiger partial charge on any atom is 0.232 e. The lowest BCUT2D eigenvalue weighted by atomic mass is 10.0. The molecule has 0 unspecified atom stereocenters. The van der Waals surface area contributed by atoms with E-state index in [-0.39, 0.29) is 18.9 Å². The largest absolute Gasteiger partial charge is 0.326 e. The molecule has 1 amide bonds. The van der Waals surface area contributed by atoms with Crippen molar-refractivity contribution in [1.29, 1.82) is 0 Å². The van der Waals surface area contributed by atoms with Crippen molar-refractivity contribution in [3.8, 4) is 0 Å². The van der Waals surface area contributed by atoms with Gasteiger partial charge in [0.25, 0.3) is 0 Å². The summed E-state index contributed by atoms with van der Waals surface area (Å²) < 4.78 is 38.2. The zero-order chi connectivity index (χ0) is 20.0. The normalized spacial score (nSPS) is 11.4. The van der Waals surface area contributed by atoms with Crippen LogP contribution in [0.4, 0.5) is 15.8 Å². The number of carbonyl (C=O) groups is 1. The highest BCUT2D eigenvalue weighted by Crippen LogP contribution is 2.20. The van der Waals surface area contributed by atoms with E-state index >= 15 is 0 Å². The minimum Gasteiger partial charge on any atom is -0.326 e. The lowest BCUT2D eigenvalue weighted by Gasteiger charge is -2.22. The lowest BCUT2D eigenvalue weighted by molar-refractivity contribution is -0.116. The zero-order valence-corrected chi connectivity index (χ0v) is 16.6. The highest BCUT2D eigenvalue weighted by molar-refractivity contribution is 7.92. The fraction of sp³-hybridized carbons (Fsp3) is 0.350. The predicted molar refractivity (Wildman–Crippen MR) is 107 cm³/mol. The summed E-state index contributed by atoms with van der Waals surface area (Å²) in [5.74, 6) is -0.196. The summed E-state index contributed by atoms with van der Waals surface area (Å²) in [6.07, 6.45) is 1.62. The van der Waals surface area contributed by atoms with Crippen LogP contribution in [0.15, 0.2) is 48.5 Å². The van der Waals surface area contributed by atoms with Gasteiger partial charge in [-0.15, -0.1) is 0 Å². The minimum atomic E-state index is -3.52. The van der Waals surface area contributed by atoms with Gasteiger partial charge in [-0.2, -0.15) is 0 Å². The van der Waals surface area contributed by atoms with Gasteiger partial charge in [-0.25, -0.2) is 12.8 Å². The van der Waals surface area contributed by atoms with Crippen LogP contribution < -0.4 is 9.62 Å². The second-order valence-corrected chi connectivity index (χ2v) is 8.65. The fourth-order valence-corrected chi connectivity index (χ4v) is 3.62. The molecule has 0 heterocycles. The highest BCUT2D eigenvalue weighted by Gasteiger charge is 2.17. The standard InChI is InChI=1S/C20H25FN2O3S/c1-15(2)16-6-10-18(11-7-16)22-20(24)5-4-14-23(27(3,25)26)19-12-8-17(21)9-13-19/h6-13,15H,4-5,14H2,1-3H3,(H,22,24). The molecule has 27 heavy (non-hydrogen) atoms. The second-order valence-electron chi connectivity index (χ2n) is 6.74. The molecule has 0 atom stereocenters. The molecular formula is C20H25FN2O3S. The Labute approximate surface area is 160 Å². The molecule has 0 saturated heterocycles. The molecule has 0 aliphatic rings. The van der Waals surface area contributed by atoms with E-state index in [9.17, 15) is 17.6 Å². The monoisotopic (exact) mass is 392 g/mol. The maximum atomic E-state index is 13.1. The minimum absolute atomic E-state index is 0.143. The van der Waals surface area contributed by atoms with Gasteiger partial charge >= 0.3 is 0 Å². The Morgan fingerprint density at radius 1 is 1.07 bits per heavy atom. The maximum absolute atomic E-state index is 13.1. The SMILES string of the molecule is CC(C)c1ccc(NC(=O)CCCN(c2ccc(F)cc2)S(C)(=O)=O)cc1. The van der Waals surface area contributed by atoms with Crippen LogP contribution in [0.25, 0.3) is 0 Å². The number of nitrogens with zero attached hydrogens (tertiary/aromatic N) is 1. The molecular weight excluding hydrogens is 367 g/mol. The van der Waals surface area contributed by atoms with Crippen molar-refractivity contribution < 1.29 is 17.6 Å². The summed E-state index contributed by atoms with van der Waals surface area (Å²) in [5.41, 5.74) is 2.28. The quantitative estimate of drug-likeness (QED) is 0.734. The summed E-state index contributed by atoms with van der Waals surface area (Å²) in [6, 6.07) is 12.9. The molecule has 146 valence electrons. The number of nitrogens with one attached hydrogen (secondary N) is 1. The van der Waals surface area contributed by atoms with E-state index in [1.165, 1.54) is 34.1 Å². The van der Waals surface area contributed by atoms with Gasteiger partial charge in [0.2, 0.25) is 15.9 Å². The summed E-state index contributed by atoms with van der Waals surface area (Å²) in [7, 11) is -3.52. The van der Waals surface area contributed by atoms with Crippen LogP contribution in [0.5, 0.6) is 0 Å². The summed E-state index contributed by atoms with van der Waals surface area (Å²) in [4.78, 5) is 12.1. The second kappa shape index (κ2) is 8.99. The van der Waals surface area contributed by atoms with Crippen LogP contribution in [0, 0.1) is 5.82 Å². The number of carbonyl (C=O) groups excluding carboxylic acids is 1. The van der Waals surface area contributed by atoms with E-state index in [1.807, 2.05) is 24.3 Å². The number of halogens is 1. The smallest absolute Gasteiger partial charge is 0.232 e. The number of sulfonamides is 1. The van der Waals surface area contributed by atoms with Crippen molar-refractivity contribution in [2.24, 2.45) is 0 Å². The third-order valence-corrected chi connectivity index (χ3v) is 5.34. The van der Waals surface area contributed by atoms with Gasteiger partial charge in [-0.1, -0.05) is 26.0 Å². The first kappa shape index (κ1) is 20.9. The van der Waals surface area contributed by atoms with Crippen molar-refractivity contribution >= 4 is 27.3 Å². The molecule has 2 aromatic rings. The van der Waals surface area contributed by atoms with Crippen molar-refractivity contribution in [1.82, 2.24) is 0 Å². The van der Waals surface area contributed by atoms with E-state index in [4.69, 9.17) is 0 Å². The lowest BCUT2D eigenvalue weighted by Crippen LogP contribution is -2.31. The van der Waals surface area contributed by atoms with E-state index in [2.05, 4.69) is 19.2 Å². The Kier molecular flexibility index (Phi) is 6.96. The number of rotatable bonds is 8. The van der Waals surface area contributed by atoms with Crippen LogP contribution in [0.1, 0.15) is 38.2 Å². The van der Waals surface area contributed by atoms with Crippen molar-refractivity contribution in [3.05, 3.63) is 59.9 Å². The summed E-state index contributed by atoms with van der Waals surface area (Å²) in [5, 5.41) is 2.81. The van der Waals surface area contributed by atoms with Gasteiger partial charge in [-0.3, -0.25) is 9.10 Å². The third-order valence-electron chi connectivity index (χ3n) is 4.14. The number of hydrogen-bond donors (Lipinski definition) is 1. The van der Waals surface area contributed by atoms with Crippen LogP contribution in [0.3, 0.4) is 0 Å². The first-order chi connectivity index (χ1) is 12.7. The van der Waals surface area contributed by atoms with E-state index in [1.54, 1.807) is 0 Å². The molecule has 0 aliphatic heterocycles. The topological polar surface area (TPSA) is 66.5 Å². The van der Waals surface area contributed by atoms with Crippen LogP contribution in [-0.4, -0.2) is 27.1 Å². The molecule has 0 aliphatic carbocycles. The summed E-state index contributed by atoms with van der Waals surface area (Å²) >= 11 is 0. The Hall–Kier alpha value is -2.41. The number of anilines is 2. The van der Waals surface area contributed by atoms with Crippen LogP contribution in [-0.2, 0) is 14.8 Å². The Morgan fingerprint density at radius 3 is 2.19 bits per heavy atom. The third kappa shape index (κ3) is 6.36. The molecule has 0 saturated carbocycles. The highest BCUT2D eigenvalue weighted by atomic mass is 32.2. The summed E-state index contributed by atoms with van der Waals surface area (Å²) in [6.45, 7) is 4.34. The first-order valence-corrected chi connectivity index (χ1v) is 10.6. The van der Waals surface area contributed by atoms with Crippen LogP contribution >= 0.6 is 0 Å². The van der Waals surface area contributed by atoms with Gasteiger partial charge in [0.05, 0.1) is 11.9 Å². The van der Waals surface area contributed by atoms with Crippen molar-refractivity contribution in [2.75, 3.05) is 22.4 Å². The number of amides is 1. The van der Waals surface area contributed by atoms with Gasteiger partial charge in [0.1, 0.15) is 5.82 Å². The van der Waals surface area contributed by atoms with E-state index in [0.717, 1.165) is 6.26 Å². The molecule has 0 aromatic heterocycles. The van der Waals surface area contributed by atoms with Gasteiger partial charge in [0.15, 0.2) is 0 Å². The molecule has 0 spiro atoms. The van der Waals surface area contributed by atoms with Crippen molar-refractivity contribution in [3.63, 3.8) is 0 Å². The predicted octanol–water partition coefficient (Wildman–Crippen LogP) is 4.13. The number of hydrogen-bond acceptors (Lipinski definition) is 3. The molecule has 7 heteroatoms. The molecule has 2 rings (SSSR count). The average molecular weight is 392 g/mol. The molecule has 2 aromatic carbocycles. The van der Waals surface area contributed by atoms with Crippen LogP contribution in [0.2, 0.25) is 0 Å². The van der Waals surface area contributed by atoms with Gasteiger partial charge < -0.3 is 5.32 Å². The zero-order valence-electron chi connectivity index (χ0n) is 15.8. The molecule has 1 N–H and O–H groups in total. The molecule has 0 bridgehead atoms. The fourth-order valence-electron chi connectivity index (χ4n) is 2.65. The van der Waals surface area contributed by atoms with E-state index in [0.29, 0.717) is 23.7 Å². The first-order valence-electron chi connectivity index (χ1n) is 8.80. The van der Waals surface area contributed by atoms with Gasteiger partial charge in [0, 0.05) is 18.7 Å². The van der Waals surface area contributed by atoms with Crippen molar-refractivity contribution in [2.45, 2.75) is 32.6 Å². The van der Waals surface area contributed by atoms with E-state index < -0.39 is 15.8 Å². The van der Waals surface area contributed by atoms with Gasteiger partial charge in [-0.05, 0) is 54.3 Å². The molecule has 0 radical (unpaired) electrons. The average Bonchev–Trinajstić information content (AvgIpc) is 2.59. The Balaban J connectivity index is 1.92. The number of benzene rings is 2. The Bertz CT molecular complexity index is 863. The molecule has 0 fully saturated rings.